The zero-order chi connectivity index (χ0) is 35.3. The van der Waals surface area contributed by atoms with Gasteiger partial charge in [0.15, 0.2) is 0 Å². The van der Waals surface area contributed by atoms with Crippen molar-refractivity contribution in [3.63, 3.8) is 0 Å². The van der Waals surface area contributed by atoms with E-state index in [0.29, 0.717) is 0 Å². The van der Waals surface area contributed by atoms with Crippen molar-refractivity contribution in [3.05, 3.63) is 143 Å². The third-order valence-corrected chi connectivity index (χ3v) is 10.2. The molecule has 0 radical (unpaired) electrons. The minimum absolute atomic E-state index is 0. The van der Waals surface area contributed by atoms with Crippen molar-refractivity contribution in [1.82, 2.24) is 39.1 Å². The third-order valence-electron chi connectivity index (χ3n) is 10.2. The Bertz CT molecular complexity index is 2490. The summed E-state index contributed by atoms with van der Waals surface area (Å²) in [4.78, 5) is 22.9. The summed E-state index contributed by atoms with van der Waals surface area (Å²) in [6.45, 7) is 3.25. The van der Waals surface area contributed by atoms with Crippen molar-refractivity contribution in [2.24, 2.45) is 0 Å². The molecule has 9 heteroatoms. The van der Waals surface area contributed by atoms with Gasteiger partial charge in [-0.2, -0.15) is 0 Å². The van der Waals surface area contributed by atoms with Crippen LogP contribution in [0.25, 0.3) is 68.8 Å². The number of hydrogen-bond acceptors (Lipinski definition) is 6. The van der Waals surface area contributed by atoms with Crippen LogP contribution in [0.15, 0.2) is 104 Å². The van der Waals surface area contributed by atoms with Crippen molar-refractivity contribution >= 4 is 81.2 Å². The number of aromatic nitrogens is 4. The van der Waals surface area contributed by atoms with Gasteiger partial charge >= 0.3 is 0 Å². The number of allylic oxidation sites excluding steroid dienone is 8. The predicted octanol–water partition coefficient (Wildman–Crippen LogP) is 8.38. The quantitative estimate of drug-likeness (QED) is 0.202. The van der Waals surface area contributed by atoms with E-state index >= 15 is 0 Å². The minimum atomic E-state index is 0. The average molecular weight is 719 g/mol. The van der Waals surface area contributed by atoms with Gasteiger partial charge < -0.3 is 29.2 Å². The maximum Gasteiger partial charge on any atom is 0.0737 e. The molecule has 0 saturated carbocycles. The molecule has 9 heterocycles. The van der Waals surface area contributed by atoms with E-state index in [1.54, 1.807) is 0 Å². The molecule has 8 bridgehead atoms. The zero-order valence-corrected chi connectivity index (χ0v) is 31.3. The number of hydrogen-bond donors (Lipinski definition) is 1. The lowest BCUT2D eigenvalue weighted by atomic mass is 9.90. The molecule has 266 valence electrons. The maximum atomic E-state index is 5.37. The van der Waals surface area contributed by atoms with Crippen molar-refractivity contribution in [3.8, 4) is 0 Å². The molecule has 53 heavy (non-hydrogen) atoms. The Kier molecular flexibility index (Phi) is 8.92. The summed E-state index contributed by atoms with van der Waals surface area (Å²) < 4.78 is 2.48. The fraction of sp³-hybridized carbons (Fsp3) is 0.182. The van der Waals surface area contributed by atoms with Crippen LogP contribution in [0.4, 0.5) is 0 Å². The normalized spacial score (nSPS) is 17.6. The Balaban J connectivity index is 0.00000400. The van der Waals surface area contributed by atoms with Crippen LogP contribution in [-0.4, -0.2) is 93.5 Å². The Morgan fingerprint density at radius 2 is 1.00 bits per heavy atom. The molecular formula is C44H43ClN8. The summed E-state index contributed by atoms with van der Waals surface area (Å²) in [6.07, 6.45) is 35.7. The van der Waals surface area contributed by atoms with E-state index in [9.17, 15) is 0 Å². The number of nitrogens with zero attached hydrogens (tertiary/aromatic N) is 7. The monoisotopic (exact) mass is 718 g/mol. The van der Waals surface area contributed by atoms with E-state index in [-0.39, 0.29) is 12.4 Å². The molecule has 8 nitrogen and oxygen atoms in total. The van der Waals surface area contributed by atoms with Gasteiger partial charge in [0.2, 0.25) is 0 Å². The number of fused-ring (bicyclic) bond motifs is 8. The molecule has 0 spiro atoms. The second-order valence-corrected chi connectivity index (χ2v) is 14.2. The van der Waals surface area contributed by atoms with E-state index < -0.39 is 0 Å². The molecule has 6 aliphatic rings. The molecule has 0 unspecified atom stereocenters. The van der Waals surface area contributed by atoms with Crippen LogP contribution in [0, 0.1) is 0 Å². The van der Waals surface area contributed by atoms with E-state index in [4.69, 9.17) is 9.97 Å². The Hall–Kier alpha value is -5.99. The first-order valence-electron chi connectivity index (χ1n) is 17.9. The van der Waals surface area contributed by atoms with Crippen LogP contribution in [0.2, 0.25) is 0 Å². The van der Waals surface area contributed by atoms with Gasteiger partial charge in [-0.05, 0) is 120 Å². The fourth-order valence-corrected chi connectivity index (χ4v) is 7.45. The van der Waals surface area contributed by atoms with Gasteiger partial charge in [0.05, 0.1) is 33.8 Å². The average Bonchev–Trinajstić information content (AvgIpc) is 3.95. The third kappa shape index (κ3) is 6.51. The molecule has 0 amide bonds. The molecule has 1 N–H and O–H groups in total. The van der Waals surface area contributed by atoms with Crippen molar-refractivity contribution in [2.45, 2.75) is 0 Å². The molecular weight excluding hydrogens is 676 g/mol. The second kappa shape index (κ2) is 13.9. The molecule has 0 aliphatic carbocycles. The van der Waals surface area contributed by atoms with Crippen LogP contribution >= 0.6 is 12.4 Å². The zero-order valence-electron chi connectivity index (χ0n) is 30.5. The lowest BCUT2D eigenvalue weighted by molar-refractivity contribution is 0.505. The van der Waals surface area contributed by atoms with Gasteiger partial charge in [0.1, 0.15) is 0 Å². The highest BCUT2D eigenvalue weighted by Crippen LogP contribution is 2.44. The van der Waals surface area contributed by atoms with Gasteiger partial charge in [-0.25, -0.2) is 9.97 Å². The Morgan fingerprint density at radius 1 is 0.509 bits per heavy atom. The smallest absolute Gasteiger partial charge is 0.0737 e. The van der Waals surface area contributed by atoms with Crippen molar-refractivity contribution < 1.29 is 0 Å². The topological polar surface area (TPSA) is 59.5 Å². The summed E-state index contributed by atoms with van der Waals surface area (Å²) in [7, 11) is 8.48. The molecule has 6 aliphatic heterocycles. The van der Waals surface area contributed by atoms with Gasteiger partial charge in [-0.15, -0.1) is 12.4 Å². The van der Waals surface area contributed by atoms with Crippen LogP contribution < -0.4 is 0 Å². The minimum Gasteiger partial charge on any atom is -0.377 e. The van der Waals surface area contributed by atoms with E-state index in [1.807, 2.05) is 0 Å². The highest BCUT2D eigenvalue weighted by atomic mass is 35.5. The van der Waals surface area contributed by atoms with E-state index in [0.717, 1.165) is 87.9 Å². The summed E-state index contributed by atoms with van der Waals surface area (Å²) in [5, 5.41) is 0. The van der Waals surface area contributed by atoms with E-state index in [1.165, 1.54) is 22.3 Å². The summed E-state index contributed by atoms with van der Waals surface area (Å²) in [5.74, 6) is 0. The van der Waals surface area contributed by atoms with Gasteiger partial charge in [0.25, 0.3) is 0 Å². The first-order chi connectivity index (χ1) is 25.4. The number of nitrogens with one attached hydrogen (secondary N) is 1. The molecule has 0 saturated heterocycles. The first kappa shape index (κ1) is 34.1. The molecule has 0 fully saturated rings. The largest absolute Gasteiger partial charge is 0.377 e. The number of aromatic amines is 1. The van der Waals surface area contributed by atoms with Crippen LogP contribution in [0.1, 0.15) is 39.5 Å². The SMILES string of the molecule is CN1C=CC(c2c(C3=CCN(C)C=C3)c3c(C4=CCN(C)C=C4)c4nc(cc5ccc(cc6nc(cc2n3C2=CCN(C)C=C2)C=C6)[nH]5)C=C4)=CC1.Cl. The van der Waals surface area contributed by atoms with Gasteiger partial charge in [-0.1, -0.05) is 18.2 Å². The maximum absolute atomic E-state index is 5.37. The van der Waals surface area contributed by atoms with Crippen molar-refractivity contribution in [2.75, 3.05) is 54.4 Å². The number of rotatable bonds is 4. The summed E-state index contributed by atoms with van der Waals surface area (Å²) in [5.41, 5.74) is 16.0. The highest BCUT2D eigenvalue weighted by Gasteiger charge is 2.28. The number of H-pyrrole nitrogens is 1. The van der Waals surface area contributed by atoms with Crippen LogP contribution in [0.3, 0.4) is 0 Å². The molecule has 3 aromatic rings. The van der Waals surface area contributed by atoms with Crippen molar-refractivity contribution in [1.29, 1.82) is 0 Å². The highest BCUT2D eigenvalue weighted by molar-refractivity contribution is 6.08. The Labute approximate surface area is 316 Å². The molecule has 9 rings (SSSR count). The summed E-state index contributed by atoms with van der Waals surface area (Å²) >= 11 is 0. The van der Waals surface area contributed by atoms with Crippen LogP contribution in [0.5, 0.6) is 0 Å². The fourth-order valence-electron chi connectivity index (χ4n) is 7.45. The Morgan fingerprint density at radius 3 is 1.55 bits per heavy atom. The number of halogens is 1. The second-order valence-electron chi connectivity index (χ2n) is 14.2. The standard InChI is InChI=1S/C44H42N8.ClH/c1-48-19-11-30(12-20-48)41-39-10-9-36(47-39)28-35-6-5-33(45-35)27-34-7-8-37(46-34)29-40-42(31-13-21-49(2)22-14-31)43(32-15-23-50(3)24-16-32)44(41)52(40)38-17-25-51(4)26-18-38;/h5-19,21,23,25,27-29,45H,20,22,24,26H2,1-4H3;1H. The van der Waals surface area contributed by atoms with Gasteiger partial charge in [-0.3, -0.25) is 0 Å². The van der Waals surface area contributed by atoms with E-state index in [2.05, 4.69) is 185 Å². The predicted molar refractivity (Wildman–Crippen MR) is 225 cm³/mol. The van der Waals surface area contributed by atoms with Crippen LogP contribution in [-0.2, 0) is 0 Å². The molecule has 3 aromatic heterocycles. The molecule has 0 atom stereocenters. The molecule has 0 aromatic carbocycles. The lowest BCUT2D eigenvalue weighted by Gasteiger charge is -2.22. The first-order valence-corrected chi connectivity index (χ1v) is 17.9. The summed E-state index contributed by atoms with van der Waals surface area (Å²) in [6, 6.07) is 10.7. The lowest BCUT2D eigenvalue weighted by Crippen LogP contribution is -2.16. The number of likely N-dealkylation sites (N-methyl/N-ethyl adjacent to an activating group) is 4. The van der Waals surface area contributed by atoms with Gasteiger partial charge in [0, 0.05) is 94.0 Å².